The van der Waals surface area contributed by atoms with E-state index in [4.69, 9.17) is 5.73 Å². The van der Waals surface area contributed by atoms with Crippen LogP contribution in [0.1, 0.15) is 21.5 Å². The number of amides is 1. The summed E-state index contributed by atoms with van der Waals surface area (Å²) in [4.78, 5) is 22.3. The smallest absolute Gasteiger partial charge is 0.399 e. The Labute approximate surface area is 181 Å². The number of carbonyl (C=O) groups excluding carboxylic acids is 1. The number of alkyl halides is 6. The fourth-order valence-electron chi connectivity index (χ4n) is 3.06. The molecule has 0 saturated carbocycles. The number of rotatable bonds is 4. The Morgan fingerprint density at radius 2 is 1.33 bits per heavy atom. The van der Waals surface area contributed by atoms with Gasteiger partial charge < -0.3 is 11.1 Å². The Morgan fingerprint density at radius 1 is 0.818 bits per heavy atom. The highest BCUT2D eigenvalue weighted by Crippen LogP contribution is 2.44. The molecular formula is C21H13F6N3O3. The Morgan fingerprint density at radius 3 is 1.85 bits per heavy atom. The predicted octanol–water partition coefficient (Wildman–Crippen LogP) is 6.13. The molecule has 3 aromatic carbocycles. The highest BCUT2D eigenvalue weighted by Gasteiger charge is 2.38. The van der Waals surface area contributed by atoms with E-state index in [-0.39, 0.29) is 22.6 Å². The summed E-state index contributed by atoms with van der Waals surface area (Å²) in [5.41, 5.74) is 0.195. The van der Waals surface area contributed by atoms with Crippen LogP contribution in [0.2, 0.25) is 0 Å². The molecule has 0 aliphatic rings. The lowest BCUT2D eigenvalue weighted by molar-refractivity contribution is -0.384. The van der Waals surface area contributed by atoms with Gasteiger partial charge in [0.15, 0.2) is 0 Å². The Balaban J connectivity index is 2.02. The second-order valence-electron chi connectivity index (χ2n) is 6.82. The number of nitro benzene ring substituents is 1. The van der Waals surface area contributed by atoms with Gasteiger partial charge in [-0.05, 0) is 47.5 Å². The van der Waals surface area contributed by atoms with Gasteiger partial charge in [-0.15, -0.1) is 0 Å². The summed E-state index contributed by atoms with van der Waals surface area (Å²) < 4.78 is 81.4. The van der Waals surface area contributed by atoms with Crippen molar-refractivity contribution in [2.75, 3.05) is 11.1 Å². The summed E-state index contributed by atoms with van der Waals surface area (Å²) >= 11 is 0. The normalized spacial score (nSPS) is 11.8. The number of benzene rings is 3. The van der Waals surface area contributed by atoms with Crippen LogP contribution in [0.4, 0.5) is 43.4 Å². The molecule has 12 heteroatoms. The minimum Gasteiger partial charge on any atom is -0.399 e. The van der Waals surface area contributed by atoms with Crippen LogP contribution in [0.3, 0.4) is 0 Å². The number of carbonyl (C=O) groups is 1. The van der Waals surface area contributed by atoms with Crippen LogP contribution in [0, 0.1) is 10.1 Å². The number of non-ortho nitro benzene ring substituents is 1. The highest BCUT2D eigenvalue weighted by molar-refractivity contribution is 6.04. The first kappa shape index (κ1) is 23.6. The zero-order valence-electron chi connectivity index (χ0n) is 16.3. The molecule has 0 bridgehead atoms. The summed E-state index contributed by atoms with van der Waals surface area (Å²) in [6.45, 7) is 0. The molecule has 172 valence electrons. The van der Waals surface area contributed by atoms with Crippen molar-refractivity contribution in [2.24, 2.45) is 0 Å². The zero-order chi connectivity index (χ0) is 24.6. The molecule has 0 unspecified atom stereocenters. The van der Waals surface area contributed by atoms with Crippen molar-refractivity contribution in [1.82, 2.24) is 0 Å². The van der Waals surface area contributed by atoms with Crippen LogP contribution < -0.4 is 11.1 Å². The standard InChI is InChI=1S/C21H13F6N3O3/c22-20(23,24)17-9-12(28)3-7-15(17)16-8-4-13(10-18(16)21(25,26)27)29-19(31)11-1-5-14(6-2-11)30(32)33/h1-10H,28H2,(H,29,31). The Bertz CT molecular complexity index is 1220. The topological polar surface area (TPSA) is 98.3 Å². The number of hydrogen-bond donors (Lipinski definition) is 2. The van der Waals surface area contributed by atoms with Gasteiger partial charge >= 0.3 is 12.4 Å². The molecule has 0 aromatic heterocycles. The summed E-state index contributed by atoms with van der Waals surface area (Å²) in [6, 6.07) is 9.08. The molecule has 6 nitrogen and oxygen atoms in total. The number of nitrogens with two attached hydrogens (primary N) is 1. The maximum atomic E-state index is 13.7. The molecule has 3 aromatic rings. The van der Waals surface area contributed by atoms with Gasteiger partial charge in [0.05, 0.1) is 16.1 Å². The van der Waals surface area contributed by atoms with Gasteiger partial charge in [-0.1, -0.05) is 12.1 Å². The van der Waals surface area contributed by atoms with Crippen LogP contribution in [0.5, 0.6) is 0 Å². The van der Waals surface area contributed by atoms with E-state index in [0.717, 1.165) is 48.5 Å². The quantitative estimate of drug-likeness (QED) is 0.208. The number of anilines is 2. The average molecular weight is 469 g/mol. The third-order valence-corrected chi connectivity index (χ3v) is 4.56. The monoisotopic (exact) mass is 469 g/mol. The van der Waals surface area contributed by atoms with E-state index < -0.39 is 45.4 Å². The van der Waals surface area contributed by atoms with E-state index in [1.54, 1.807) is 0 Å². The Hall–Kier alpha value is -4.09. The van der Waals surface area contributed by atoms with Crippen molar-refractivity contribution < 1.29 is 36.1 Å². The number of nitrogen functional groups attached to an aromatic ring is 1. The van der Waals surface area contributed by atoms with E-state index in [2.05, 4.69) is 5.32 Å². The lowest BCUT2D eigenvalue weighted by atomic mass is 9.93. The predicted molar refractivity (Wildman–Crippen MR) is 107 cm³/mol. The van der Waals surface area contributed by atoms with Crippen LogP contribution >= 0.6 is 0 Å². The molecule has 0 aliphatic heterocycles. The largest absolute Gasteiger partial charge is 0.417 e. The fraction of sp³-hybridized carbons (Fsp3) is 0.0952. The maximum Gasteiger partial charge on any atom is 0.417 e. The number of nitro groups is 1. The summed E-state index contributed by atoms with van der Waals surface area (Å²) in [6.07, 6.45) is -10.0. The van der Waals surface area contributed by atoms with Gasteiger partial charge in [0, 0.05) is 29.1 Å². The number of nitrogens with zero attached hydrogens (tertiary/aromatic N) is 1. The van der Waals surface area contributed by atoms with E-state index in [1.807, 2.05) is 0 Å². The van der Waals surface area contributed by atoms with Crippen LogP contribution in [0.25, 0.3) is 11.1 Å². The highest BCUT2D eigenvalue weighted by atomic mass is 19.4. The van der Waals surface area contributed by atoms with Crippen LogP contribution in [-0.2, 0) is 12.4 Å². The summed E-state index contributed by atoms with van der Waals surface area (Å²) in [7, 11) is 0. The van der Waals surface area contributed by atoms with Crippen molar-refractivity contribution in [3.05, 3.63) is 87.5 Å². The lowest BCUT2D eigenvalue weighted by Crippen LogP contribution is -2.15. The first-order valence-electron chi connectivity index (χ1n) is 9.01. The van der Waals surface area contributed by atoms with Crippen molar-refractivity contribution in [1.29, 1.82) is 0 Å². The number of nitrogens with one attached hydrogen (secondary N) is 1. The average Bonchev–Trinajstić information content (AvgIpc) is 2.72. The van der Waals surface area contributed by atoms with Gasteiger partial charge in [-0.3, -0.25) is 14.9 Å². The molecule has 0 atom stereocenters. The first-order chi connectivity index (χ1) is 15.3. The number of hydrogen-bond acceptors (Lipinski definition) is 4. The minimum absolute atomic E-state index is 0.0730. The molecule has 3 rings (SSSR count). The minimum atomic E-state index is -5.05. The first-order valence-corrected chi connectivity index (χ1v) is 9.01. The van der Waals surface area contributed by atoms with E-state index in [1.165, 1.54) is 0 Å². The third kappa shape index (κ3) is 5.22. The molecule has 3 N–H and O–H groups in total. The second kappa shape index (κ2) is 8.45. The van der Waals surface area contributed by atoms with Gasteiger partial charge in [0.2, 0.25) is 0 Å². The van der Waals surface area contributed by atoms with Crippen molar-refractivity contribution in [3.8, 4) is 11.1 Å². The maximum absolute atomic E-state index is 13.7. The lowest BCUT2D eigenvalue weighted by Gasteiger charge is -2.19. The van der Waals surface area contributed by atoms with Crippen molar-refractivity contribution >= 4 is 23.0 Å². The molecule has 1 amide bonds. The molecule has 0 radical (unpaired) electrons. The SMILES string of the molecule is Nc1ccc(-c2ccc(NC(=O)c3ccc([N+](=O)[O-])cc3)cc2C(F)(F)F)c(C(F)(F)F)c1. The molecular weight excluding hydrogens is 456 g/mol. The van der Waals surface area contributed by atoms with Gasteiger partial charge in [0.1, 0.15) is 0 Å². The second-order valence-corrected chi connectivity index (χ2v) is 6.82. The molecule has 33 heavy (non-hydrogen) atoms. The third-order valence-electron chi connectivity index (χ3n) is 4.56. The van der Waals surface area contributed by atoms with E-state index in [0.29, 0.717) is 12.1 Å². The molecule has 0 aliphatic carbocycles. The molecule has 0 fully saturated rings. The van der Waals surface area contributed by atoms with Gasteiger partial charge in [-0.2, -0.15) is 26.3 Å². The van der Waals surface area contributed by atoms with Gasteiger partial charge in [-0.25, -0.2) is 0 Å². The number of halogens is 6. The zero-order valence-corrected chi connectivity index (χ0v) is 16.3. The molecule has 0 heterocycles. The summed E-state index contributed by atoms with van der Waals surface area (Å²) in [5.74, 6) is -0.866. The summed E-state index contributed by atoms with van der Waals surface area (Å²) in [5, 5.41) is 12.9. The van der Waals surface area contributed by atoms with Crippen LogP contribution in [0.15, 0.2) is 60.7 Å². The molecule has 0 spiro atoms. The fourth-order valence-corrected chi connectivity index (χ4v) is 3.06. The van der Waals surface area contributed by atoms with E-state index in [9.17, 15) is 41.3 Å². The van der Waals surface area contributed by atoms with Crippen molar-refractivity contribution in [2.45, 2.75) is 12.4 Å². The van der Waals surface area contributed by atoms with E-state index >= 15 is 0 Å². The van der Waals surface area contributed by atoms with Crippen LogP contribution in [-0.4, -0.2) is 10.8 Å². The Kier molecular flexibility index (Phi) is 6.03. The van der Waals surface area contributed by atoms with Gasteiger partial charge in [0.25, 0.3) is 11.6 Å². The molecule has 0 saturated heterocycles. The van der Waals surface area contributed by atoms with Crippen molar-refractivity contribution in [3.63, 3.8) is 0 Å².